The maximum atomic E-state index is 13.1. The Bertz CT molecular complexity index is 805. The molecule has 2 aromatic rings. The van der Waals surface area contributed by atoms with Crippen LogP contribution in [0.5, 0.6) is 5.75 Å². The molecule has 1 fully saturated rings. The van der Waals surface area contributed by atoms with Gasteiger partial charge in [-0.3, -0.25) is 14.5 Å². The minimum atomic E-state index is -0.368. The molecule has 1 saturated heterocycles. The third kappa shape index (κ3) is 3.61. The van der Waals surface area contributed by atoms with Crippen LogP contribution >= 0.6 is 11.6 Å². The van der Waals surface area contributed by atoms with E-state index in [1.165, 1.54) is 18.1 Å². The average Bonchev–Trinajstić information content (AvgIpc) is 3.20. The van der Waals surface area contributed by atoms with E-state index in [4.69, 9.17) is 20.9 Å². The minimum Gasteiger partial charge on any atom is -0.496 e. The van der Waals surface area contributed by atoms with Gasteiger partial charge in [-0.05, 0) is 31.5 Å². The largest absolute Gasteiger partial charge is 0.496 e. The highest BCUT2D eigenvalue weighted by molar-refractivity contribution is 6.31. The topological polar surface area (TPSA) is 75.9 Å². The Morgan fingerprint density at radius 1 is 1.44 bits per heavy atom. The Hall–Kier alpha value is -2.54. The molecule has 132 valence electrons. The van der Waals surface area contributed by atoms with E-state index in [-0.39, 0.29) is 18.5 Å². The number of carbonyl (C=O) groups is 2. The van der Waals surface area contributed by atoms with Gasteiger partial charge in [0.25, 0.3) is 5.91 Å². The van der Waals surface area contributed by atoms with Crippen LogP contribution in [0.4, 0.5) is 5.82 Å². The molecule has 3 rings (SSSR count). The van der Waals surface area contributed by atoms with Crippen LogP contribution in [0.25, 0.3) is 0 Å². The number of carbonyl (C=O) groups excluding carboxylic acids is 2. The molecule has 1 aliphatic rings. The van der Waals surface area contributed by atoms with Gasteiger partial charge in [-0.2, -0.15) is 0 Å². The highest BCUT2D eigenvalue weighted by atomic mass is 35.5. The Morgan fingerprint density at radius 3 is 2.84 bits per heavy atom. The highest BCUT2D eigenvalue weighted by Gasteiger charge is 2.29. The number of halogens is 1. The lowest BCUT2D eigenvalue weighted by Gasteiger charge is -2.26. The first kappa shape index (κ1) is 17.3. The van der Waals surface area contributed by atoms with E-state index in [0.29, 0.717) is 40.9 Å². The summed E-state index contributed by atoms with van der Waals surface area (Å²) in [6, 6.07) is 6.46. The summed E-state index contributed by atoms with van der Waals surface area (Å²) in [5.74, 6) is 0.943. The van der Waals surface area contributed by atoms with Crippen molar-refractivity contribution in [1.82, 2.24) is 10.1 Å². The second-order valence-electron chi connectivity index (χ2n) is 5.78. The van der Waals surface area contributed by atoms with Crippen LogP contribution in [0.1, 0.15) is 29.0 Å². The molecule has 0 saturated carbocycles. The number of benzene rings is 1. The molecule has 1 aliphatic heterocycles. The van der Waals surface area contributed by atoms with Crippen molar-refractivity contribution in [3.63, 3.8) is 0 Å². The molecule has 0 atom stereocenters. The summed E-state index contributed by atoms with van der Waals surface area (Å²) >= 11 is 6.04. The van der Waals surface area contributed by atoms with E-state index in [2.05, 4.69) is 5.16 Å². The molecular formula is C17H18ClN3O4. The maximum absolute atomic E-state index is 13.1. The monoisotopic (exact) mass is 363 g/mol. The lowest BCUT2D eigenvalue weighted by molar-refractivity contribution is -0.127. The zero-order valence-corrected chi connectivity index (χ0v) is 14.7. The van der Waals surface area contributed by atoms with Crippen LogP contribution in [0, 0.1) is 6.92 Å². The average molecular weight is 364 g/mol. The van der Waals surface area contributed by atoms with Gasteiger partial charge in [0.1, 0.15) is 18.2 Å². The second kappa shape index (κ2) is 7.14. The van der Waals surface area contributed by atoms with Crippen molar-refractivity contribution in [3.05, 3.63) is 40.6 Å². The number of hydrogen-bond acceptors (Lipinski definition) is 5. The molecule has 0 aliphatic carbocycles. The first-order valence-corrected chi connectivity index (χ1v) is 8.24. The molecule has 25 heavy (non-hydrogen) atoms. The summed E-state index contributed by atoms with van der Waals surface area (Å²) in [7, 11) is 1.48. The quantitative estimate of drug-likeness (QED) is 0.816. The molecule has 1 aromatic carbocycles. The molecule has 7 nitrogen and oxygen atoms in total. The predicted molar refractivity (Wildman–Crippen MR) is 91.9 cm³/mol. The van der Waals surface area contributed by atoms with Crippen molar-refractivity contribution in [2.75, 3.05) is 25.2 Å². The van der Waals surface area contributed by atoms with Crippen molar-refractivity contribution in [2.24, 2.45) is 0 Å². The molecule has 0 N–H and O–H groups in total. The van der Waals surface area contributed by atoms with Crippen LogP contribution in [0.3, 0.4) is 0 Å². The molecule has 0 radical (unpaired) electrons. The number of likely N-dealkylation sites (tertiary alicyclic amines) is 1. The Balaban J connectivity index is 1.97. The standard InChI is InChI=1S/C17H18ClN3O4/c1-11-8-15(19-25-11)21(10-20-7-3-4-16(20)22)17(23)13-9-12(18)5-6-14(13)24-2/h5-6,8-9H,3-4,7,10H2,1-2H3. The fourth-order valence-corrected chi connectivity index (χ4v) is 2.91. The number of hydrogen-bond donors (Lipinski definition) is 0. The smallest absolute Gasteiger partial charge is 0.264 e. The van der Waals surface area contributed by atoms with Gasteiger partial charge < -0.3 is 14.2 Å². The molecular weight excluding hydrogens is 346 g/mol. The van der Waals surface area contributed by atoms with E-state index < -0.39 is 0 Å². The number of methoxy groups -OCH3 is 1. The summed E-state index contributed by atoms with van der Waals surface area (Å²) in [4.78, 5) is 28.2. The van der Waals surface area contributed by atoms with Crippen molar-refractivity contribution in [2.45, 2.75) is 19.8 Å². The molecule has 0 spiro atoms. The summed E-state index contributed by atoms with van der Waals surface area (Å²) in [5.41, 5.74) is 0.294. The van der Waals surface area contributed by atoms with Gasteiger partial charge in [-0.1, -0.05) is 16.8 Å². The van der Waals surface area contributed by atoms with E-state index in [1.807, 2.05) is 0 Å². The summed E-state index contributed by atoms with van der Waals surface area (Å²) in [6.45, 7) is 2.44. The molecule has 0 bridgehead atoms. The van der Waals surface area contributed by atoms with Crippen molar-refractivity contribution >= 4 is 29.2 Å². The first-order valence-electron chi connectivity index (χ1n) is 7.86. The Labute approximate surface area is 150 Å². The third-order valence-electron chi connectivity index (χ3n) is 4.01. The van der Waals surface area contributed by atoms with Crippen LogP contribution in [0.2, 0.25) is 5.02 Å². The lowest BCUT2D eigenvalue weighted by atomic mass is 10.1. The molecule has 2 heterocycles. The van der Waals surface area contributed by atoms with Gasteiger partial charge in [-0.25, -0.2) is 0 Å². The zero-order chi connectivity index (χ0) is 18.0. The molecule has 2 amide bonds. The number of aromatic nitrogens is 1. The van der Waals surface area contributed by atoms with Crippen LogP contribution in [0.15, 0.2) is 28.8 Å². The number of aryl methyl sites for hydroxylation is 1. The highest BCUT2D eigenvalue weighted by Crippen LogP contribution is 2.27. The summed E-state index contributed by atoms with van der Waals surface area (Å²) < 4.78 is 10.4. The number of ether oxygens (including phenoxy) is 1. The lowest BCUT2D eigenvalue weighted by Crippen LogP contribution is -2.42. The van der Waals surface area contributed by atoms with E-state index in [0.717, 1.165) is 6.42 Å². The van der Waals surface area contributed by atoms with E-state index >= 15 is 0 Å². The van der Waals surface area contributed by atoms with Crippen LogP contribution in [-0.4, -0.2) is 42.2 Å². The van der Waals surface area contributed by atoms with Crippen LogP contribution < -0.4 is 9.64 Å². The summed E-state index contributed by atoms with van der Waals surface area (Å²) in [6.07, 6.45) is 1.26. The van der Waals surface area contributed by atoms with Crippen molar-refractivity contribution < 1.29 is 18.8 Å². The van der Waals surface area contributed by atoms with Gasteiger partial charge in [0.2, 0.25) is 5.91 Å². The van der Waals surface area contributed by atoms with Crippen LogP contribution in [-0.2, 0) is 4.79 Å². The van der Waals surface area contributed by atoms with E-state index in [9.17, 15) is 9.59 Å². The van der Waals surface area contributed by atoms with Crippen molar-refractivity contribution in [1.29, 1.82) is 0 Å². The Kier molecular flexibility index (Phi) is 4.94. The third-order valence-corrected chi connectivity index (χ3v) is 4.25. The Morgan fingerprint density at radius 2 is 2.24 bits per heavy atom. The zero-order valence-electron chi connectivity index (χ0n) is 14.0. The van der Waals surface area contributed by atoms with Gasteiger partial charge >= 0.3 is 0 Å². The number of amides is 2. The van der Waals surface area contributed by atoms with Gasteiger partial charge in [0.05, 0.1) is 12.7 Å². The second-order valence-corrected chi connectivity index (χ2v) is 6.21. The summed E-state index contributed by atoms with van der Waals surface area (Å²) in [5, 5.41) is 4.34. The SMILES string of the molecule is COc1ccc(Cl)cc1C(=O)N(CN1CCCC1=O)c1cc(C)on1. The maximum Gasteiger partial charge on any atom is 0.264 e. The fraction of sp³-hybridized carbons (Fsp3) is 0.353. The minimum absolute atomic E-state index is 0.0103. The number of anilines is 1. The van der Waals surface area contributed by atoms with Crippen molar-refractivity contribution in [3.8, 4) is 5.75 Å². The van der Waals surface area contributed by atoms with E-state index in [1.54, 1.807) is 30.0 Å². The van der Waals surface area contributed by atoms with Gasteiger partial charge in [-0.15, -0.1) is 0 Å². The fourth-order valence-electron chi connectivity index (χ4n) is 2.74. The molecule has 1 aromatic heterocycles. The van der Waals surface area contributed by atoms with Gasteiger partial charge in [0, 0.05) is 24.1 Å². The normalized spacial score (nSPS) is 14.0. The molecule has 0 unspecified atom stereocenters. The number of rotatable bonds is 5. The van der Waals surface area contributed by atoms with Gasteiger partial charge in [0.15, 0.2) is 5.82 Å². The first-order chi connectivity index (χ1) is 12.0. The molecule has 8 heteroatoms. The number of nitrogens with zero attached hydrogens (tertiary/aromatic N) is 3. The predicted octanol–water partition coefficient (Wildman–Crippen LogP) is 2.87.